The van der Waals surface area contributed by atoms with E-state index in [1.54, 1.807) is 38.7 Å². The van der Waals surface area contributed by atoms with E-state index in [2.05, 4.69) is 41.0 Å². The SMILES string of the molecule is COc1ccc(CC(=O)Nc2nnc(C3CCCC(c4nnc(NC(=O)Cc5ccc(OC)nc5)s4)C3)s2)cn1. The lowest BCUT2D eigenvalue weighted by molar-refractivity contribution is -0.116. The highest BCUT2D eigenvalue weighted by molar-refractivity contribution is 7.15. The molecule has 2 atom stereocenters. The fraction of sp³-hybridized carbons (Fsp3) is 0.385. The van der Waals surface area contributed by atoms with E-state index in [9.17, 15) is 9.59 Å². The molecular weight excluding hydrogens is 552 g/mol. The normalized spacial score (nSPS) is 16.8. The van der Waals surface area contributed by atoms with Crippen LogP contribution in [0, 0.1) is 0 Å². The van der Waals surface area contributed by atoms with E-state index in [-0.39, 0.29) is 36.5 Å². The molecule has 0 aromatic carbocycles. The van der Waals surface area contributed by atoms with E-state index >= 15 is 0 Å². The van der Waals surface area contributed by atoms with Crippen molar-refractivity contribution in [2.24, 2.45) is 0 Å². The van der Waals surface area contributed by atoms with Crippen LogP contribution in [0.25, 0.3) is 0 Å². The second-order valence-electron chi connectivity index (χ2n) is 9.32. The highest BCUT2D eigenvalue weighted by Crippen LogP contribution is 2.43. The molecule has 208 valence electrons. The Morgan fingerprint density at radius 2 is 1.25 bits per heavy atom. The number of anilines is 2. The lowest BCUT2D eigenvalue weighted by Gasteiger charge is -2.25. The van der Waals surface area contributed by atoms with Crippen LogP contribution in [-0.4, -0.2) is 56.4 Å². The average Bonchev–Trinajstić information content (AvgIpc) is 3.64. The number of nitrogens with one attached hydrogen (secondary N) is 2. The lowest BCUT2D eigenvalue weighted by Crippen LogP contribution is -2.14. The Hall–Kier alpha value is -4.04. The third-order valence-corrected chi connectivity index (χ3v) is 8.49. The Kier molecular flexibility index (Phi) is 8.86. The smallest absolute Gasteiger partial charge is 0.230 e. The summed E-state index contributed by atoms with van der Waals surface area (Å²) in [5.41, 5.74) is 1.56. The first-order chi connectivity index (χ1) is 19.5. The fourth-order valence-corrected chi connectivity index (χ4v) is 6.32. The van der Waals surface area contributed by atoms with Gasteiger partial charge in [-0.3, -0.25) is 9.59 Å². The van der Waals surface area contributed by atoms with Crippen LogP contribution in [0.2, 0.25) is 0 Å². The zero-order valence-corrected chi connectivity index (χ0v) is 23.6. The maximum Gasteiger partial charge on any atom is 0.230 e. The number of aromatic nitrogens is 6. The molecular formula is C26H28N8O4S2. The molecule has 2 N–H and O–H groups in total. The van der Waals surface area contributed by atoms with Gasteiger partial charge in [0.15, 0.2) is 0 Å². The van der Waals surface area contributed by atoms with Gasteiger partial charge in [0.05, 0.1) is 27.1 Å². The van der Waals surface area contributed by atoms with Crippen LogP contribution >= 0.6 is 22.7 Å². The van der Waals surface area contributed by atoms with Crippen LogP contribution in [0.5, 0.6) is 11.8 Å². The monoisotopic (exact) mass is 580 g/mol. The van der Waals surface area contributed by atoms with Gasteiger partial charge in [-0.1, -0.05) is 41.2 Å². The van der Waals surface area contributed by atoms with Crippen molar-refractivity contribution in [3.8, 4) is 11.8 Å². The molecule has 12 nitrogen and oxygen atoms in total. The lowest BCUT2D eigenvalue weighted by atomic mass is 9.82. The first-order valence-electron chi connectivity index (χ1n) is 12.7. The van der Waals surface area contributed by atoms with E-state index in [0.29, 0.717) is 22.0 Å². The zero-order valence-electron chi connectivity index (χ0n) is 22.0. The number of carbonyl (C=O) groups is 2. The van der Waals surface area contributed by atoms with Gasteiger partial charge in [0.25, 0.3) is 0 Å². The number of rotatable bonds is 10. The molecule has 0 radical (unpaired) electrons. The molecule has 0 bridgehead atoms. The van der Waals surface area contributed by atoms with Crippen molar-refractivity contribution in [1.82, 2.24) is 30.4 Å². The molecule has 2 unspecified atom stereocenters. The van der Waals surface area contributed by atoms with Gasteiger partial charge in [0.1, 0.15) is 10.0 Å². The Balaban J connectivity index is 1.13. The maximum atomic E-state index is 12.5. The highest BCUT2D eigenvalue weighted by atomic mass is 32.1. The molecule has 0 saturated heterocycles. The van der Waals surface area contributed by atoms with Gasteiger partial charge in [-0.15, -0.1) is 20.4 Å². The second kappa shape index (κ2) is 12.9. The average molecular weight is 581 g/mol. The summed E-state index contributed by atoms with van der Waals surface area (Å²) in [5, 5.41) is 25.6. The molecule has 4 heterocycles. The molecule has 5 rings (SSSR count). The molecule has 14 heteroatoms. The predicted molar refractivity (Wildman–Crippen MR) is 150 cm³/mol. The number of methoxy groups -OCH3 is 2. The minimum absolute atomic E-state index is 0.178. The van der Waals surface area contributed by atoms with Gasteiger partial charge < -0.3 is 20.1 Å². The van der Waals surface area contributed by atoms with Crippen molar-refractivity contribution in [3.63, 3.8) is 0 Å². The van der Waals surface area contributed by atoms with Crippen LogP contribution < -0.4 is 20.1 Å². The summed E-state index contributed by atoms with van der Waals surface area (Å²) in [6.07, 6.45) is 7.48. The molecule has 4 aromatic rings. The zero-order chi connectivity index (χ0) is 27.9. The van der Waals surface area contributed by atoms with Crippen molar-refractivity contribution in [2.45, 2.75) is 50.4 Å². The number of hydrogen-bond donors (Lipinski definition) is 2. The van der Waals surface area contributed by atoms with Gasteiger partial charge in [0.2, 0.25) is 33.8 Å². The third-order valence-electron chi connectivity index (χ3n) is 6.49. The van der Waals surface area contributed by atoms with Gasteiger partial charge in [-0.05, 0) is 30.4 Å². The second-order valence-corrected chi connectivity index (χ2v) is 11.3. The number of nitrogens with zero attached hydrogens (tertiary/aromatic N) is 6. The Bertz CT molecular complexity index is 1330. The summed E-state index contributed by atoms with van der Waals surface area (Å²) in [7, 11) is 3.09. The topological polar surface area (TPSA) is 154 Å². The first kappa shape index (κ1) is 27.5. The van der Waals surface area contributed by atoms with Crippen LogP contribution in [-0.2, 0) is 22.4 Å². The summed E-state index contributed by atoms with van der Waals surface area (Å²) >= 11 is 2.81. The van der Waals surface area contributed by atoms with Gasteiger partial charge in [0, 0.05) is 36.4 Å². The van der Waals surface area contributed by atoms with E-state index in [0.717, 1.165) is 46.8 Å². The largest absolute Gasteiger partial charge is 0.481 e. The molecule has 4 aromatic heterocycles. The summed E-state index contributed by atoms with van der Waals surface area (Å²) in [4.78, 5) is 33.2. The molecule has 1 aliphatic carbocycles. The fourth-order valence-electron chi connectivity index (χ4n) is 4.51. The first-order valence-corrected chi connectivity index (χ1v) is 14.4. The number of pyridine rings is 2. The highest BCUT2D eigenvalue weighted by Gasteiger charge is 2.29. The van der Waals surface area contributed by atoms with E-state index in [4.69, 9.17) is 9.47 Å². The number of ether oxygens (including phenoxy) is 2. The number of hydrogen-bond acceptors (Lipinski definition) is 12. The Morgan fingerprint density at radius 1 is 0.775 bits per heavy atom. The van der Waals surface area contributed by atoms with Crippen molar-refractivity contribution >= 4 is 44.8 Å². The van der Waals surface area contributed by atoms with Crippen LogP contribution in [0.3, 0.4) is 0 Å². The van der Waals surface area contributed by atoms with E-state index in [1.165, 1.54) is 22.7 Å². The standard InChI is InChI=1S/C26H28N8O4S2/c1-37-21-8-6-15(13-27-21)10-19(35)29-25-33-31-23(39-25)17-4-3-5-18(12-17)24-32-34-26(40-24)30-20(36)11-16-7-9-22(38-2)28-14-16/h6-9,13-14,17-18H,3-5,10-12H2,1-2H3,(H,29,33,35)(H,30,34,36). The summed E-state index contributed by atoms with van der Waals surface area (Å²) in [6, 6.07) is 7.06. The minimum atomic E-state index is -0.178. The summed E-state index contributed by atoms with van der Waals surface area (Å²) < 4.78 is 10.1. The number of carbonyl (C=O) groups excluding carboxylic acids is 2. The van der Waals surface area contributed by atoms with Crippen molar-refractivity contribution in [2.75, 3.05) is 24.9 Å². The van der Waals surface area contributed by atoms with Gasteiger partial charge in [-0.25, -0.2) is 9.97 Å². The van der Waals surface area contributed by atoms with Crippen molar-refractivity contribution < 1.29 is 19.1 Å². The molecule has 0 aliphatic heterocycles. The minimum Gasteiger partial charge on any atom is -0.481 e. The molecule has 2 amide bonds. The molecule has 1 saturated carbocycles. The van der Waals surface area contributed by atoms with Crippen LogP contribution in [0.15, 0.2) is 36.7 Å². The van der Waals surface area contributed by atoms with Gasteiger partial charge >= 0.3 is 0 Å². The molecule has 1 fully saturated rings. The number of amides is 2. The Labute approximate surface area is 238 Å². The van der Waals surface area contributed by atoms with Crippen molar-refractivity contribution in [1.29, 1.82) is 0 Å². The quantitative estimate of drug-likeness (QED) is 0.281. The van der Waals surface area contributed by atoms with E-state index in [1.807, 2.05) is 12.1 Å². The Morgan fingerprint density at radius 3 is 1.65 bits per heavy atom. The summed E-state index contributed by atoms with van der Waals surface area (Å²) in [6.45, 7) is 0. The summed E-state index contributed by atoms with van der Waals surface area (Å²) in [5.74, 6) is 1.08. The van der Waals surface area contributed by atoms with Crippen molar-refractivity contribution in [3.05, 3.63) is 57.8 Å². The van der Waals surface area contributed by atoms with Gasteiger partial charge in [-0.2, -0.15) is 0 Å². The van der Waals surface area contributed by atoms with Crippen LogP contribution in [0.1, 0.15) is 58.7 Å². The molecule has 1 aliphatic rings. The van der Waals surface area contributed by atoms with Crippen LogP contribution in [0.4, 0.5) is 10.3 Å². The third kappa shape index (κ3) is 7.12. The predicted octanol–water partition coefficient (Wildman–Crippen LogP) is 4.00. The maximum absolute atomic E-state index is 12.5. The molecule has 40 heavy (non-hydrogen) atoms. The molecule has 0 spiro atoms. The van der Waals surface area contributed by atoms with E-state index < -0.39 is 0 Å².